The Morgan fingerprint density at radius 2 is 2.15 bits per heavy atom. The minimum atomic E-state index is -0.106. The minimum Gasteiger partial charge on any atom is -0.496 e. The number of hydrogen-bond donors (Lipinski definition) is 1. The van der Waals surface area contributed by atoms with Crippen LogP contribution in [0, 0.1) is 5.41 Å². The van der Waals surface area contributed by atoms with Gasteiger partial charge in [-0.1, -0.05) is 28.8 Å². The summed E-state index contributed by atoms with van der Waals surface area (Å²) in [5, 5.41) is 3.01. The minimum absolute atomic E-state index is 0.0693. The number of halogens is 2. The van der Waals surface area contributed by atoms with Crippen molar-refractivity contribution in [3.05, 3.63) is 28.2 Å². The molecule has 1 saturated carbocycles. The van der Waals surface area contributed by atoms with Crippen molar-refractivity contribution >= 4 is 33.4 Å². The Kier molecular flexibility index (Phi) is 5.33. The van der Waals surface area contributed by atoms with Crippen molar-refractivity contribution in [1.82, 2.24) is 5.32 Å². The number of ether oxygens (including phenoxy) is 1. The molecule has 110 valence electrons. The van der Waals surface area contributed by atoms with Crippen molar-refractivity contribution in [3.8, 4) is 5.75 Å². The van der Waals surface area contributed by atoms with Crippen molar-refractivity contribution in [1.29, 1.82) is 0 Å². The maximum Gasteiger partial charge on any atom is 0.255 e. The standard InChI is InChI=1S/C15H19BrClNO2/c1-20-13-8-11(16)4-5-12(13)14(19)18-10-15(9-17)6-2-3-7-15/h4-5,8H,2-3,6-7,9-10H2,1H3,(H,18,19). The average molecular weight is 361 g/mol. The van der Waals surface area contributed by atoms with Gasteiger partial charge in [0.25, 0.3) is 5.91 Å². The highest BCUT2D eigenvalue weighted by atomic mass is 79.9. The molecule has 1 N–H and O–H groups in total. The Labute approximate surface area is 133 Å². The van der Waals surface area contributed by atoms with Crippen molar-refractivity contribution < 1.29 is 9.53 Å². The molecule has 1 aliphatic rings. The Balaban J connectivity index is 2.05. The number of carbonyl (C=O) groups is 1. The molecule has 1 fully saturated rings. The normalized spacial score (nSPS) is 16.9. The third-order valence-electron chi connectivity index (χ3n) is 3.98. The summed E-state index contributed by atoms with van der Waals surface area (Å²) in [6.07, 6.45) is 4.58. The molecule has 0 radical (unpaired) electrons. The molecule has 0 unspecified atom stereocenters. The molecule has 20 heavy (non-hydrogen) atoms. The highest BCUT2D eigenvalue weighted by Crippen LogP contribution is 2.38. The first-order valence-electron chi connectivity index (χ1n) is 6.78. The fourth-order valence-electron chi connectivity index (χ4n) is 2.70. The topological polar surface area (TPSA) is 38.3 Å². The Morgan fingerprint density at radius 1 is 1.45 bits per heavy atom. The van der Waals surface area contributed by atoms with Gasteiger partial charge in [-0.15, -0.1) is 11.6 Å². The van der Waals surface area contributed by atoms with Crippen LogP contribution in [-0.2, 0) is 0 Å². The van der Waals surface area contributed by atoms with Crippen LogP contribution in [0.15, 0.2) is 22.7 Å². The summed E-state index contributed by atoms with van der Waals surface area (Å²) in [5.74, 6) is 1.07. The smallest absolute Gasteiger partial charge is 0.255 e. The lowest BCUT2D eigenvalue weighted by atomic mass is 9.88. The fourth-order valence-corrected chi connectivity index (χ4v) is 3.40. The molecular formula is C15H19BrClNO2. The van der Waals surface area contributed by atoms with E-state index in [1.807, 2.05) is 6.07 Å². The van der Waals surface area contributed by atoms with Crippen LogP contribution in [-0.4, -0.2) is 25.4 Å². The Bertz CT molecular complexity index is 487. The van der Waals surface area contributed by atoms with Gasteiger partial charge in [0.05, 0.1) is 12.7 Å². The van der Waals surface area contributed by atoms with Crippen molar-refractivity contribution in [2.75, 3.05) is 19.5 Å². The summed E-state index contributed by atoms with van der Waals surface area (Å²) >= 11 is 9.46. The zero-order valence-electron chi connectivity index (χ0n) is 11.5. The molecule has 2 rings (SSSR count). The third-order valence-corrected chi connectivity index (χ3v) is 5.04. The highest BCUT2D eigenvalue weighted by Gasteiger charge is 2.33. The number of rotatable bonds is 5. The zero-order valence-corrected chi connectivity index (χ0v) is 13.9. The predicted octanol–water partition coefficient (Wildman–Crippen LogP) is 3.99. The molecule has 0 saturated heterocycles. The Hall–Kier alpha value is -0.740. The maximum atomic E-state index is 12.3. The first kappa shape index (κ1) is 15.6. The van der Waals surface area contributed by atoms with E-state index in [1.54, 1.807) is 19.2 Å². The maximum absolute atomic E-state index is 12.3. The first-order chi connectivity index (χ1) is 9.60. The van der Waals surface area contributed by atoms with Crippen LogP contribution in [0.2, 0.25) is 0 Å². The third kappa shape index (κ3) is 3.47. The van der Waals surface area contributed by atoms with Gasteiger partial charge < -0.3 is 10.1 Å². The van der Waals surface area contributed by atoms with E-state index in [1.165, 1.54) is 12.8 Å². The quantitative estimate of drug-likeness (QED) is 0.806. The molecule has 0 heterocycles. The SMILES string of the molecule is COc1cc(Br)ccc1C(=O)NCC1(CCl)CCCC1. The van der Waals surface area contributed by atoms with Gasteiger partial charge in [-0.3, -0.25) is 4.79 Å². The highest BCUT2D eigenvalue weighted by molar-refractivity contribution is 9.10. The number of alkyl halides is 1. The molecule has 0 aliphatic heterocycles. The number of methoxy groups -OCH3 is 1. The van der Waals surface area contributed by atoms with Gasteiger partial charge in [0.2, 0.25) is 0 Å². The monoisotopic (exact) mass is 359 g/mol. The zero-order chi connectivity index (χ0) is 14.6. The fraction of sp³-hybridized carbons (Fsp3) is 0.533. The number of hydrogen-bond acceptors (Lipinski definition) is 2. The Morgan fingerprint density at radius 3 is 2.75 bits per heavy atom. The van der Waals surface area contributed by atoms with E-state index < -0.39 is 0 Å². The van der Waals surface area contributed by atoms with E-state index in [-0.39, 0.29) is 11.3 Å². The molecule has 3 nitrogen and oxygen atoms in total. The second-order valence-corrected chi connectivity index (χ2v) is 6.55. The van der Waals surface area contributed by atoms with E-state index >= 15 is 0 Å². The summed E-state index contributed by atoms with van der Waals surface area (Å²) in [5.41, 5.74) is 0.623. The van der Waals surface area contributed by atoms with E-state index in [0.717, 1.165) is 17.3 Å². The van der Waals surface area contributed by atoms with Gasteiger partial charge in [0, 0.05) is 22.3 Å². The lowest BCUT2D eigenvalue weighted by Gasteiger charge is -2.26. The van der Waals surface area contributed by atoms with Gasteiger partial charge in [-0.2, -0.15) is 0 Å². The molecule has 1 aliphatic carbocycles. The van der Waals surface area contributed by atoms with Crippen LogP contribution in [0.25, 0.3) is 0 Å². The predicted molar refractivity (Wildman–Crippen MR) is 84.6 cm³/mol. The molecule has 0 bridgehead atoms. The number of nitrogens with one attached hydrogen (secondary N) is 1. The molecule has 1 amide bonds. The van der Waals surface area contributed by atoms with Crippen LogP contribution >= 0.6 is 27.5 Å². The second kappa shape index (κ2) is 6.81. The summed E-state index contributed by atoms with van der Waals surface area (Å²) in [6.45, 7) is 0.633. The van der Waals surface area contributed by atoms with E-state index in [2.05, 4.69) is 21.2 Å². The van der Waals surface area contributed by atoms with Crippen LogP contribution in [0.4, 0.5) is 0 Å². The van der Waals surface area contributed by atoms with Gasteiger partial charge >= 0.3 is 0 Å². The lowest BCUT2D eigenvalue weighted by molar-refractivity contribution is 0.0932. The van der Waals surface area contributed by atoms with Gasteiger partial charge in [-0.25, -0.2) is 0 Å². The van der Waals surface area contributed by atoms with Crippen LogP contribution in [0.3, 0.4) is 0 Å². The summed E-state index contributed by atoms with van der Waals surface area (Å²) < 4.78 is 6.14. The van der Waals surface area contributed by atoms with Crippen LogP contribution < -0.4 is 10.1 Å². The molecule has 0 atom stereocenters. The van der Waals surface area contributed by atoms with Crippen molar-refractivity contribution in [3.63, 3.8) is 0 Å². The van der Waals surface area contributed by atoms with E-state index in [0.29, 0.717) is 23.7 Å². The van der Waals surface area contributed by atoms with E-state index in [9.17, 15) is 4.79 Å². The summed E-state index contributed by atoms with van der Waals surface area (Å²) in [7, 11) is 1.57. The van der Waals surface area contributed by atoms with Crippen molar-refractivity contribution in [2.45, 2.75) is 25.7 Å². The summed E-state index contributed by atoms with van der Waals surface area (Å²) in [6, 6.07) is 5.40. The number of benzene rings is 1. The molecule has 0 spiro atoms. The molecule has 1 aromatic carbocycles. The molecule has 1 aromatic rings. The van der Waals surface area contributed by atoms with Gasteiger partial charge in [0.1, 0.15) is 5.75 Å². The van der Waals surface area contributed by atoms with Crippen LogP contribution in [0.5, 0.6) is 5.75 Å². The summed E-state index contributed by atoms with van der Waals surface area (Å²) in [4.78, 5) is 12.3. The molecule has 5 heteroatoms. The van der Waals surface area contributed by atoms with Gasteiger partial charge in [-0.05, 0) is 31.0 Å². The largest absolute Gasteiger partial charge is 0.496 e. The average Bonchev–Trinajstić information content (AvgIpc) is 2.94. The number of amides is 1. The van der Waals surface area contributed by atoms with E-state index in [4.69, 9.17) is 16.3 Å². The van der Waals surface area contributed by atoms with Gasteiger partial charge in [0.15, 0.2) is 0 Å². The molecule has 0 aromatic heterocycles. The lowest BCUT2D eigenvalue weighted by Crippen LogP contribution is -2.37. The van der Waals surface area contributed by atoms with Crippen molar-refractivity contribution in [2.24, 2.45) is 5.41 Å². The van der Waals surface area contributed by atoms with Crippen LogP contribution in [0.1, 0.15) is 36.0 Å². The first-order valence-corrected chi connectivity index (χ1v) is 8.11. The number of carbonyl (C=O) groups excluding carboxylic acids is 1. The molecular weight excluding hydrogens is 342 g/mol. The second-order valence-electron chi connectivity index (χ2n) is 5.37.